The highest BCUT2D eigenvalue weighted by molar-refractivity contribution is 9.10. The molecule has 0 spiro atoms. The van der Waals surface area contributed by atoms with Crippen LogP contribution in [0.2, 0.25) is 0 Å². The number of carbonyl (C=O) groups is 1. The molecule has 0 saturated heterocycles. The lowest BCUT2D eigenvalue weighted by Gasteiger charge is -2.18. The Bertz CT molecular complexity index is 504. The van der Waals surface area contributed by atoms with Gasteiger partial charge in [-0.15, -0.1) is 0 Å². The van der Waals surface area contributed by atoms with Crippen molar-refractivity contribution in [3.05, 3.63) is 22.7 Å². The molecule has 2 unspecified atom stereocenters. The van der Waals surface area contributed by atoms with Gasteiger partial charge < -0.3 is 11.1 Å². The summed E-state index contributed by atoms with van der Waals surface area (Å²) in [5.74, 6) is -0.180. The normalized spacial score (nSPS) is 14.1. The van der Waals surface area contributed by atoms with Crippen LogP contribution in [0.15, 0.2) is 27.6 Å². The molecule has 0 bridgehead atoms. The van der Waals surface area contributed by atoms with E-state index in [1.54, 1.807) is 25.1 Å². The van der Waals surface area contributed by atoms with Gasteiger partial charge in [0.25, 0.3) is 0 Å². The van der Waals surface area contributed by atoms with E-state index in [0.717, 1.165) is 12.8 Å². The monoisotopic (exact) mass is 360 g/mol. The van der Waals surface area contributed by atoms with Gasteiger partial charge in [0.1, 0.15) is 5.25 Å². The van der Waals surface area contributed by atoms with Crippen LogP contribution in [0.25, 0.3) is 0 Å². The first-order valence-corrected chi connectivity index (χ1v) is 8.67. The molecule has 0 aliphatic heterocycles. The Balaban J connectivity index is 2.83. The number of carbonyl (C=O) groups excluding carboxylic acids is 1. The number of rotatable bonds is 6. The maximum atomic E-state index is 12.5. The van der Waals surface area contributed by atoms with Crippen LogP contribution in [-0.4, -0.2) is 21.4 Å². The number of nitrogens with one attached hydrogen (secondary N) is 1. The average molecular weight is 361 g/mol. The number of amides is 1. The van der Waals surface area contributed by atoms with Crippen LogP contribution in [0.4, 0.5) is 5.69 Å². The SMILES string of the molecule is CCC(CC)NC(=O)C(C)S(=O)c1ccc(N)cc1Br. The second kappa shape index (κ2) is 7.78. The van der Waals surface area contributed by atoms with Crippen molar-refractivity contribution in [1.82, 2.24) is 5.32 Å². The Morgan fingerprint density at radius 1 is 1.40 bits per heavy atom. The summed E-state index contributed by atoms with van der Waals surface area (Å²) in [6, 6.07) is 5.20. The summed E-state index contributed by atoms with van der Waals surface area (Å²) in [5, 5.41) is 2.32. The van der Waals surface area contributed by atoms with Crippen LogP contribution in [0.1, 0.15) is 33.6 Å². The number of hydrogen-bond acceptors (Lipinski definition) is 3. The van der Waals surface area contributed by atoms with Crippen LogP contribution < -0.4 is 11.1 Å². The predicted octanol–water partition coefficient (Wildman–Crippen LogP) is 2.83. The van der Waals surface area contributed by atoms with E-state index >= 15 is 0 Å². The number of halogens is 1. The number of benzene rings is 1. The van der Waals surface area contributed by atoms with Crippen molar-refractivity contribution in [2.24, 2.45) is 0 Å². The third kappa shape index (κ3) is 4.31. The molecule has 0 saturated carbocycles. The van der Waals surface area contributed by atoms with Crippen molar-refractivity contribution in [1.29, 1.82) is 0 Å². The third-order valence-electron chi connectivity index (χ3n) is 3.20. The van der Waals surface area contributed by atoms with Gasteiger partial charge in [-0.25, -0.2) is 0 Å². The molecule has 0 aromatic heterocycles. The van der Waals surface area contributed by atoms with Crippen molar-refractivity contribution in [3.8, 4) is 0 Å². The molecule has 0 aliphatic rings. The van der Waals surface area contributed by atoms with Gasteiger partial charge in [-0.2, -0.15) is 0 Å². The molecule has 1 rings (SSSR count). The lowest BCUT2D eigenvalue weighted by Crippen LogP contribution is -2.41. The summed E-state index contributed by atoms with van der Waals surface area (Å²) < 4.78 is 13.1. The molecule has 0 heterocycles. The molecule has 112 valence electrons. The second-order valence-corrected chi connectivity index (χ2v) is 7.25. The molecular formula is C14H21BrN2O2S. The van der Waals surface area contributed by atoms with E-state index < -0.39 is 16.0 Å². The fraction of sp³-hybridized carbons (Fsp3) is 0.500. The summed E-state index contributed by atoms with van der Waals surface area (Å²) in [4.78, 5) is 12.7. The van der Waals surface area contributed by atoms with Gasteiger partial charge in [-0.1, -0.05) is 13.8 Å². The van der Waals surface area contributed by atoms with E-state index in [1.807, 2.05) is 13.8 Å². The molecule has 2 atom stereocenters. The number of hydrogen-bond donors (Lipinski definition) is 2. The van der Waals surface area contributed by atoms with Crippen LogP contribution in [-0.2, 0) is 15.6 Å². The molecule has 1 aromatic rings. The van der Waals surface area contributed by atoms with Crippen LogP contribution in [0.5, 0.6) is 0 Å². The fourth-order valence-electron chi connectivity index (χ4n) is 1.78. The molecule has 1 aromatic carbocycles. The minimum atomic E-state index is -1.41. The predicted molar refractivity (Wildman–Crippen MR) is 86.9 cm³/mol. The van der Waals surface area contributed by atoms with Crippen LogP contribution in [0, 0.1) is 0 Å². The van der Waals surface area contributed by atoms with Gasteiger partial charge in [-0.3, -0.25) is 9.00 Å². The molecule has 20 heavy (non-hydrogen) atoms. The Kier molecular flexibility index (Phi) is 6.68. The minimum absolute atomic E-state index is 0.136. The Hall–Kier alpha value is -0.880. The largest absolute Gasteiger partial charge is 0.399 e. The fourth-order valence-corrected chi connectivity index (χ4v) is 3.75. The number of nitrogens with two attached hydrogens (primary N) is 1. The van der Waals surface area contributed by atoms with E-state index in [4.69, 9.17) is 5.73 Å². The minimum Gasteiger partial charge on any atom is -0.399 e. The molecule has 3 N–H and O–H groups in total. The highest BCUT2D eigenvalue weighted by atomic mass is 79.9. The summed E-state index contributed by atoms with van der Waals surface area (Å²) in [7, 11) is -1.41. The van der Waals surface area contributed by atoms with Gasteiger partial charge in [0.2, 0.25) is 5.91 Å². The molecule has 1 amide bonds. The first kappa shape index (κ1) is 17.2. The summed E-state index contributed by atoms with van der Waals surface area (Å²) in [6.07, 6.45) is 1.74. The topological polar surface area (TPSA) is 72.2 Å². The van der Waals surface area contributed by atoms with Crippen molar-refractivity contribution in [3.63, 3.8) is 0 Å². The van der Waals surface area contributed by atoms with Crippen molar-refractivity contribution >= 4 is 38.3 Å². The van der Waals surface area contributed by atoms with Gasteiger partial charge in [0.15, 0.2) is 0 Å². The van der Waals surface area contributed by atoms with Gasteiger partial charge >= 0.3 is 0 Å². The summed E-state index contributed by atoms with van der Waals surface area (Å²) >= 11 is 3.34. The zero-order valence-corrected chi connectivity index (χ0v) is 14.4. The first-order chi connectivity index (χ1) is 9.40. The van der Waals surface area contributed by atoms with Crippen LogP contribution >= 0.6 is 15.9 Å². The average Bonchev–Trinajstić information content (AvgIpc) is 2.42. The maximum Gasteiger partial charge on any atom is 0.236 e. The summed E-state index contributed by atoms with van der Waals surface area (Å²) in [5.41, 5.74) is 6.25. The van der Waals surface area contributed by atoms with Crippen molar-refractivity contribution < 1.29 is 9.00 Å². The second-order valence-electron chi connectivity index (χ2n) is 4.65. The van der Waals surface area contributed by atoms with Gasteiger partial charge in [-0.05, 0) is 53.9 Å². The maximum absolute atomic E-state index is 12.5. The lowest BCUT2D eigenvalue weighted by atomic mass is 10.2. The highest BCUT2D eigenvalue weighted by Gasteiger charge is 2.24. The molecular weight excluding hydrogens is 340 g/mol. The van der Waals surface area contributed by atoms with E-state index in [2.05, 4.69) is 21.2 Å². The first-order valence-electron chi connectivity index (χ1n) is 6.66. The molecule has 0 fully saturated rings. The Labute approximate surface area is 131 Å². The summed E-state index contributed by atoms with van der Waals surface area (Å²) in [6.45, 7) is 5.72. The standard InChI is InChI=1S/C14H21BrN2O2S/c1-4-11(5-2)17-14(18)9(3)20(19)13-7-6-10(16)8-12(13)15/h6-9,11H,4-5,16H2,1-3H3,(H,17,18). The number of nitrogen functional groups attached to an aromatic ring is 1. The van der Waals surface area contributed by atoms with E-state index in [0.29, 0.717) is 15.1 Å². The third-order valence-corrected chi connectivity index (χ3v) is 5.76. The number of anilines is 1. The van der Waals surface area contributed by atoms with Gasteiger partial charge in [0, 0.05) is 16.2 Å². The van der Waals surface area contributed by atoms with Crippen LogP contribution in [0.3, 0.4) is 0 Å². The smallest absolute Gasteiger partial charge is 0.236 e. The highest BCUT2D eigenvalue weighted by Crippen LogP contribution is 2.25. The van der Waals surface area contributed by atoms with Crippen molar-refractivity contribution in [2.75, 3.05) is 5.73 Å². The van der Waals surface area contributed by atoms with Gasteiger partial charge in [0.05, 0.1) is 15.7 Å². The van der Waals surface area contributed by atoms with E-state index in [1.165, 1.54) is 0 Å². The van der Waals surface area contributed by atoms with Crippen molar-refractivity contribution in [2.45, 2.75) is 49.8 Å². The van der Waals surface area contributed by atoms with E-state index in [-0.39, 0.29) is 11.9 Å². The molecule has 4 nitrogen and oxygen atoms in total. The quantitative estimate of drug-likeness (QED) is 0.766. The Morgan fingerprint density at radius 2 is 2.00 bits per heavy atom. The Morgan fingerprint density at radius 3 is 2.50 bits per heavy atom. The molecule has 0 radical (unpaired) electrons. The lowest BCUT2D eigenvalue weighted by molar-refractivity contribution is -0.121. The molecule has 0 aliphatic carbocycles. The van der Waals surface area contributed by atoms with E-state index in [9.17, 15) is 9.00 Å². The molecule has 6 heteroatoms. The zero-order valence-electron chi connectivity index (χ0n) is 12.0. The zero-order chi connectivity index (χ0) is 15.3.